The quantitative estimate of drug-likeness (QED) is 0.606. The average Bonchev–Trinajstić information content (AvgIpc) is 2.21. The van der Waals surface area contributed by atoms with Crippen LogP contribution in [0.2, 0.25) is 0 Å². The van der Waals surface area contributed by atoms with Crippen molar-refractivity contribution < 1.29 is 9.53 Å². The van der Waals surface area contributed by atoms with Gasteiger partial charge in [0.1, 0.15) is 6.61 Å². The van der Waals surface area contributed by atoms with Gasteiger partial charge < -0.3 is 9.64 Å². The van der Waals surface area contributed by atoms with Gasteiger partial charge in [0.2, 0.25) is 0 Å². The van der Waals surface area contributed by atoms with E-state index in [-0.39, 0.29) is 5.97 Å². The van der Waals surface area contributed by atoms with Crippen LogP contribution in [0.15, 0.2) is 0 Å². The molecule has 0 bridgehead atoms. The van der Waals surface area contributed by atoms with Crippen LogP contribution in [0.3, 0.4) is 0 Å². The molecule has 0 radical (unpaired) electrons. The zero-order valence-electron chi connectivity index (χ0n) is 9.16. The fraction of sp³-hybridized carbons (Fsp3) is 0.900. The van der Waals surface area contributed by atoms with Crippen molar-refractivity contribution in [2.75, 3.05) is 46.4 Å². The minimum absolute atomic E-state index is 0.0980. The fourth-order valence-corrected chi connectivity index (χ4v) is 1.46. The predicted octanol–water partition coefficient (Wildman–Crippen LogP) is 0.187. The van der Waals surface area contributed by atoms with Crippen molar-refractivity contribution in [1.82, 2.24) is 9.80 Å². The number of carbonyl (C=O) groups excluding carboxylic acids is 1. The third-order valence-electron chi connectivity index (χ3n) is 2.56. The number of likely N-dealkylation sites (N-methyl/N-ethyl adjacent to an activating group) is 1. The lowest BCUT2D eigenvalue weighted by molar-refractivity contribution is -0.143. The van der Waals surface area contributed by atoms with Gasteiger partial charge in [0.15, 0.2) is 0 Å². The lowest BCUT2D eigenvalue weighted by atomic mass is 10.3. The van der Waals surface area contributed by atoms with Crippen molar-refractivity contribution in [3.63, 3.8) is 0 Å². The van der Waals surface area contributed by atoms with Crippen molar-refractivity contribution in [2.45, 2.75) is 13.3 Å². The van der Waals surface area contributed by atoms with E-state index in [4.69, 9.17) is 4.74 Å². The standard InChI is InChI=1S/C10H20N2O2/c1-3-10(13)14-9-8-12-6-4-11(2)5-7-12/h3-9H2,1-2H3. The van der Waals surface area contributed by atoms with Gasteiger partial charge in [-0.3, -0.25) is 9.69 Å². The summed E-state index contributed by atoms with van der Waals surface area (Å²) < 4.78 is 5.03. The maximum absolute atomic E-state index is 10.9. The SMILES string of the molecule is CCC(=O)OCCN1CCN(C)CC1. The molecule has 1 aliphatic rings. The summed E-state index contributed by atoms with van der Waals surface area (Å²) in [6.07, 6.45) is 0.475. The van der Waals surface area contributed by atoms with Gasteiger partial charge in [0.05, 0.1) is 0 Å². The van der Waals surface area contributed by atoms with Gasteiger partial charge >= 0.3 is 5.97 Å². The van der Waals surface area contributed by atoms with Gasteiger partial charge in [-0.05, 0) is 7.05 Å². The molecule has 1 heterocycles. The Balaban J connectivity index is 2.04. The second-order valence-electron chi connectivity index (χ2n) is 3.72. The predicted molar refractivity (Wildman–Crippen MR) is 55.2 cm³/mol. The first-order valence-corrected chi connectivity index (χ1v) is 5.29. The molecule has 0 aromatic carbocycles. The molecule has 0 saturated carbocycles. The molecule has 14 heavy (non-hydrogen) atoms. The summed E-state index contributed by atoms with van der Waals surface area (Å²) in [6.45, 7) is 7.62. The summed E-state index contributed by atoms with van der Waals surface area (Å²) >= 11 is 0. The van der Waals surface area contributed by atoms with Gasteiger partial charge in [-0.1, -0.05) is 6.92 Å². The molecule has 0 N–H and O–H groups in total. The maximum atomic E-state index is 10.9. The third kappa shape index (κ3) is 4.07. The molecular weight excluding hydrogens is 180 g/mol. The molecule has 1 rings (SSSR count). The van der Waals surface area contributed by atoms with E-state index in [2.05, 4.69) is 16.8 Å². The van der Waals surface area contributed by atoms with Crippen LogP contribution in [-0.4, -0.2) is 62.1 Å². The first kappa shape index (κ1) is 11.5. The highest BCUT2D eigenvalue weighted by Crippen LogP contribution is 1.98. The number of nitrogens with zero attached hydrogens (tertiary/aromatic N) is 2. The second kappa shape index (κ2) is 5.98. The monoisotopic (exact) mass is 200 g/mol. The Hall–Kier alpha value is -0.610. The Morgan fingerprint density at radius 3 is 2.50 bits per heavy atom. The molecule has 82 valence electrons. The molecule has 4 heteroatoms. The molecule has 0 atom stereocenters. The van der Waals surface area contributed by atoms with Gasteiger partial charge in [-0.25, -0.2) is 0 Å². The van der Waals surface area contributed by atoms with Crippen LogP contribution >= 0.6 is 0 Å². The summed E-state index contributed by atoms with van der Waals surface area (Å²) in [5, 5.41) is 0. The van der Waals surface area contributed by atoms with E-state index < -0.39 is 0 Å². The highest BCUT2D eigenvalue weighted by atomic mass is 16.5. The maximum Gasteiger partial charge on any atom is 0.305 e. The highest BCUT2D eigenvalue weighted by molar-refractivity contribution is 5.68. The van der Waals surface area contributed by atoms with Gasteiger partial charge in [-0.2, -0.15) is 0 Å². The molecule has 1 aliphatic heterocycles. The van der Waals surface area contributed by atoms with Gasteiger partial charge in [0, 0.05) is 39.1 Å². The minimum Gasteiger partial charge on any atom is -0.464 e. The Kier molecular flexibility index (Phi) is 4.90. The molecule has 0 aliphatic carbocycles. The van der Waals surface area contributed by atoms with Crippen molar-refractivity contribution >= 4 is 5.97 Å². The first-order chi connectivity index (χ1) is 6.72. The summed E-state index contributed by atoms with van der Waals surface area (Å²) in [7, 11) is 2.13. The van der Waals surface area contributed by atoms with Crippen molar-refractivity contribution in [3.05, 3.63) is 0 Å². The van der Waals surface area contributed by atoms with Crippen LogP contribution in [0.5, 0.6) is 0 Å². The largest absolute Gasteiger partial charge is 0.464 e. The van der Waals surface area contributed by atoms with E-state index >= 15 is 0 Å². The lowest BCUT2D eigenvalue weighted by Gasteiger charge is -2.31. The Labute approximate surface area is 85.8 Å². The van der Waals surface area contributed by atoms with Crippen molar-refractivity contribution in [3.8, 4) is 0 Å². The van der Waals surface area contributed by atoms with Crippen molar-refractivity contribution in [1.29, 1.82) is 0 Å². The molecular formula is C10H20N2O2. The number of ether oxygens (including phenoxy) is 1. The lowest BCUT2D eigenvalue weighted by Crippen LogP contribution is -2.45. The van der Waals surface area contributed by atoms with E-state index in [1.165, 1.54) is 0 Å². The number of carbonyl (C=O) groups is 1. The van der Waals surface area contributed by atoms with Crippen molar-refractivity contribution in [2.24, 2.45) is 0 Å². The van der Waals surface area contributed by atoms with E-state index in [0.29, 0.717) is 13.0 Å². The topological polar surface area (TPSA) is 32.8 Å². The molecule has 0 unspecified atom stereocenters. The summed E-state index contributed by atoms with van der Waals surface area (Å²) in [5.74, 6) is -0.0980. The van der Waals surface area contributed by atoms with E-state index in [1.54, 1.807) is 0 Å². The van der Waals surface area contributed by atoms with Gasteiger partial charge in [0.25, 0.3) is 0 Å². The molecule has 1 fully saturated rings. The molecule has 0 aromatic rings. The van der Waals surface area contributed by atoms with Crippen LogP contribution < -0.4 is 0 Å². The minimum atomic E-state index is -0.0980. The summed E-state index contributed by atoms with van der Waals surface area (Å²) in [4.78, 5) is 15.5. The number of rotatable bonds is 4. The Morgan fingerprint density at radius 1 is 1.29 bits per heavy atom. The van der Waals surface area contributed by atoms with Crippen LogP contribution in [0.25, 0.3) is 0 Å². The van der Waals surface area contributed by atoms with E-state index in [1.807, 2.05) is 6.92 Å². The molecule has 1 saturated heterocycles. The summed E-state index contributed by atoms with van der Waals surface area (Å²) in [6, 6.07) is 0. The summed E-state index contributed by atoms with van der Waals surface area (Å²) in [5.41, 5.74) is 0. The number of hydrogen-bond donors (Lipinski definition) is 0. The molecule has 0 amide bonds. The smallest absolute Gasteiger partial charge is 0.305 e. The van der Waals surface area contributed by atoms with Crippen LogP contribution in [0, 0.1) is 0 Å². The van der Waals surface area contributed by atoms with Crippen LogP contribution in [0.4, 0.5) is 0 Å². The average molecular weight is 200 g/mol. The molecule has 4 nitrogen and oxygen atoms in total. The zero-order chi connectivity index (χ0) is 10.4. The van der Waals surface area contributed by atoms with E-state index in [9.17, 15) is 4.79 Å². The Morgan fingerprint density at radius 2 is 1.93 bits per heavy atom. The molecule has 0 spiro atoms. The normalized spacial score (nSPS) is 19.6. The highest BCUT2D eigenvalue weighted by Gasteiger charge is 2.13. The Bertz CT molecular complexity index is 177. The first-order valence-electron chi connectivity index (χ1n) is 5.29. The van der Waals surface area contributed by atoms with Crippen LogP contribution in [0.1, 0.15) is 13.3 Å². The fourth-order valence-electron chi connectivity index (χ4n) is 1.46. The zero-order valence-corrected chi connectivity index (χ0v) is 9.16. The van der Waals surface area contributed by atoms with Crippen LogP contribution in [-0.2, 0) is 9.53 Å². The van der Waals surface area contributed by atoms with Gasteiger partial charge in [-0.15, -0.1) is 0 Å². The van der Waals surface area contributed by atoms with E-state index in [0.717, 1.165) is 32.7 Å². The number of hydrogen-bond acceptors (Lipinski definition) is 4. The number of piperazine rings is 1. The molecule has 0 aromatic heterocycles. The second-order valence-corrected chi connectivity index (χ2v) is 3.72. The number of esters is 1. The third-order valence-corrected chi connectivity index (χ3v) is 2.56.